The summed E-state index contributed by atoms with van der Waals surface area (Å²) in [7, 11) is 1.67. The number of para-hydroxylation sites is 1. The monoisotopic (exact) mass is 256 g/mol. The Labute approximate surface area is 114 Å². The lowest BCUT2D eigenvalue weighted by Crippen LogP contribution is -2.18. The Bertz CT molecular complexity index is 566. The largest absolute Gasteiger partial charge is 0.497 e. The van der Waals surface area contributed by atoms with Gasteiger partial charge in [0.1, 0.15) is 5.75 Å². The molecule has 0 heterocycles. The maximum atomic E-state index is 6.11. The van der Waals surface area contributed by atoms with E-state index in [4.69, 9.17) is 10.5 Å². The van der Waals surface area contributed by atoms with E-state index in [1.165, 1.54) is 11.3 Å². The highest BCUT2D eigenvalue weighted by Gasteiger charge is 2.13. The number of ether oxygens (including phenoxy) is 1. The Balaban J connectivity index is 2.51. The molecule has 2 aromatic carbocycles. The number of nitrogens with zero attached hydrogens (tertiary/aromatic N) is 1. The van der Waals surface area contributed by atoms with E-state index < -0.39 is 0 Å². The van der Waals surface area contributed by atoms with Crippen LogP contribution in [-0.4, -0.2) is 13.7 Å². The molecule has 0 aromatic heterocycles. The van der Waals surface area contributed by atoms with E-state index in [1.807, 2.05) is 30.3 Å². The fourth-order valence-electron chi connectivity index (χ4n) is 2.22. The first-order chi connectivity index (χ1) is 9.17. The molecule has 0 amide bonds. The third kappa shape index (κ3) is 2.65. The highest BCUT2D eigenvalue weighted by atomic mass is 16.5. The number of benzene rings is 2. The number of aryl methyl sites for hydroxylation is 1. The van der Waals surface area contributed by atoms with Crippen molar-refractivity contribution < 1.29 is 4.74 Å². The normalized spacial score (nSPS) is 10.3. The summed E-state index contributed by atoms with van der Waals surface area (Å²) in [6, 6.07) is 14.0. The molecule has 100 valence electrons. The van der Waals surface area contributed by atoms with Crippen molar-refractivity contribution in [1.29, 1.82) is 0 Å². The molecule has 0 atom stereocenters. The SMILES string of the molecule is CCN(c1ccccc1C)c1cc(OC)ccc1N. The molecule has 0 unspecified atom stereocenters. The molecule has 19 heavy (non-hydrogen) atoms. The van der Waals surface area contributed by atoms with Crippen LogP contribution in [0.25, 0.3) is 0 Å². The highest BCUT2D eigenvalue weighted by molar-refractivity contribution is 5.77. The van der Waals surface area contributed by atoms with Gasteiger partial charge < -0.3 is 15.4 Å². The Morgan fingerprint density at radius 2 is 1.84 bits per heavy atom. The van der Waals surface area contributed by atoms with Gasteiger partial charge in [-0.2, -0.15) is 0 Å². The van der Waals surface area contributed by atoms with Crippen LogP contribution in [-0.2, 0) is 0 Å². The van der Waals surface area contributed by atoms with Gasteiger partial charge in [-0.3, -0.25) is 0 Å². The second-order valence-electron chi connectivity index (χ2n) is 4.46. The first-order valence-corrected chi connectivity index (χ1v) is 6.44. The maximum Gasteiger partial charge on any atom is 0.121 e. The van der Waals surface area contributed by atoms with Crippen molar-refractivity contribution >= 4 is 17.1 Å². The summed E-state index contributed by atoms with van der Waals surface area (Å²) in [4.78, 5) is 2.20. The topological polar surface area (TPSA) is 38.5 Å². The summed E-state index contributed by atoms with van der Waals surface area (Å²) < 4.78 is 5.29. The Hall–Kier alpha value is -2.16. The molecule has 0 fully saturated rings. The van der Waals surface area contributed by atoms with E-state index >= 15 is 0 Å². The lowest BCUT2D eigenvalue weighted by molar-refractivity contribution is 0.415. The zero-order valence-corrected chi connectivity index (χ0v) is 11.7. The molecule has 0 aliphatic carbocycles. The molecule has 2 N–H and O–H groups in total. The molecule has 0 aliphatic rings. The summed E-state index contributed by atoms with van der Waals surface area (Å²) in [6.07, 6.45) is 0. The van der Waals surface area contributed by atoms with Crippen LogP contribution in [0.2, 0.25) is 0 Å². The third-order valence-corrected chi connectivity index (χ3v) is 3.25. The van der Waals surface area contributed by atoms with Gasteiger partial charge in [0.05, 0.1) is 18.5 Å². The number of hydrogen-bond acceptors (Lipinski definition) is 3. The molecule has 3 nitrogen and oxygen atoms in total. The molecule has 3 heteroatoms. The van der Waals surface area contributed by atoms with Gasteiger partial charge >= 0.3 is 0 Å². The van der Waals surface area contributed by atoms with Gasteiger partial charge in [-0.1, -0.05) is 18.2 Å². The van der Waals surface area contributed by atoms with Crippen LogP contribution in [0, 0.1) is 6.92 Å². The number of nitrogens with two attached hydrogens (primary N) is 1. The van der Waals surface area contributed by atoms with Crippen LogP contribution in [0.3, 0.4) is 0 Å². The minimum absolute atomic E-state index is 0.755. The van der Waals surface area contributed by atoms with Crippen LogP contribution in [0.4, 0.5) is 17.1 Å². The number of hydrogen-bond donors (Lipinski definition) is 1. The molecular formula is C16H20N2O. The second-order valence-corrected chi connectivity index (χ2v) is 4.46. The fourth-order valence-corrected chi connectivity index (χ4v) is 2.22. The maximum absolute atomic E-state index is 6.11. The van der Waals surface area contributed by atoms with Crippen LogP contribution < -0.4 is 15.4 Å². The zero-order valence-electron chi connectivity index (χ0n) is 11.7. The average molecular weight is 256 g/mol. The summed E-state index contributed by atoms with van der Waals surface area (Å²) >= 11 is 0. The van der Waals surface area contributed by atoms with Crippen molar-refractivity contribution in [2.45, 2.75) is 13.8 Å². The van der Waals surface area contributed by atoms with Crippen LogP contribution in [0.1, 0.15) is 12.5 Å². The molecule has 0 spiro atoms. The average Bonchev–Trinajstić information content (AvgIpc) is 2.43. The van der Waals surface area contributed by atoms with E-state index in [0.717, 1.165) is 23.7 Å². The van der Waals surface area contributed by atoms with E-state index in [9.17, 15) is 0 Å². The molecule has 0 saturated carbocycles. The number of anilines is 3. The summed E-state index contributed by atoms with van der Waals surface area (Å²) in [5, 5.41) is 0. The van der Waals surface area contributed by atoms with Gasteiger partial charge in [-0.05, 0) is 37.6 Å². The molecule has 0 bridgehead atoms. The van der Waals surface area contributed by atoms with E-state index in [2.05, 4.69) is 30.9 Å². The Kier molecular flexibility index (Phi) is 3.95. The van der Waals surface area contributed by atoms with Crippen LogP contribution in [0.5, 0.6) is 5.75 Å². The van der Waals surface area contributed by atoms with E-state index in [1.54, 1.807) is 7.11 Å². The lowest BCUT2D eigenvalue weighted by Gasteiger charge is -2.26. The third-order valence-electron chi connectivity index (χ3n) is 3.25. The van der Waals surface area contributed by atoms with E-state index in [0.29, 0.717) is 0 Å². The smallest absolute Gasteiger partial charge is 0.121 e. The molecule has 0 aliphatic heterocycles. The van der Waals surface area contributed by atoms with Crippen molar-refractivity contribution in [2.75, 3.05) is 24.3 Å². The number of methoxy groups -OCH3 is 1. The number of rotatable bonds is 4. The molecule has 0 saturated heterocycles. The molecular weight excluding hydrogens is 236 g/mol. The van der Waals surface area contributed by atoms with Crippen molar-refractivity contribution in [3.05, 3.63) is 48.0 Å². The fraction of sp³-hybridized carbons (Fsp3) is 0.250. The minimum Gasteiger partial charge on any atom is -0.497 e. The first-order valence-electron chi connectivity index (χ1n) is 6.44. The highest BCUT2D eigenvalue weighted by Crippen LogP contribution is 2.34. The molecule has 2 aromatic rings. The van der Waals surface area contributed by atoms with E-state index in [-0.39, 0.29) is 0 Å². The van der Waals surface area contributed by atoms with Crippen molar-refractivity contribution in [2.24, 2.45) is 0 Å². The standard InChI is InChI=1S/C16H20N2O/c1-4-18(15-8-6-5-7-12(15)2)16-11-13(19-3)9-10-14(16)17/h5-11H,4,17H2,1-3H3. The Morgan fingerprint density at radius 3 is 2.47 bits per heavy atom. The van der Waals surface area contributed by atoms with Gasteiger partial charge in [-0.15, -0.1) is 0 Å². The Morgan fingerprint density at radius 1 is 1.11 bits per heavy atom. The first kappa shape index (κ1) is 13.3. The zero-order chi connectivity index (χ0) is 13.8. The van der Waals surface area contributed by atoms with Gasteiger partial charge in [0.15, 0.2) is 0 Å². The van der Waals surface area contributed by atoms with Crippen molar-refractivity contribution in [1.82, 2.24) is 0 Å². The lowest BCUT2D eigenvalue weighted by atomic mass is 10.1. The molecule has 2 rings (SSSR count). The van der Waals surface area contributed by atoms with Crippen molar-refractivity contribution in [3.63, 3.8) is 0 Å². The number of nitrogen functional groups attached to an aromatic ring is 1. The predicted molar refractivity (Wildman–Crippen MR) is 81.3 cm³/mol. The molecule has 0 radical (unpaired) electrons. The van der Waals surface area contributed by atoms with Gasteiger partial charge in [0, 0.05) is 18.3 Å². The second kappa shape index (κ2) is 5.65. The summed E-state index contributed by atoms with van der Waals surface area (Å²) in [6.45, 7) is 5.07. The minimum atomic E-state index is 0.755. The van der Waals surface area contributed by atoms with Gasteiger partial charge in [0.25, 0.3) is 0 Å². The van der Waals surface area contributed by atoms with Crippen LogP contribution >= 0.6 is 0 Å². The van der Waals surface area contributed by atoms with Gasteiger partial charge in [0.2, 0.25) is 0 Å². The predicted octanol–water partition coefficient (Wildman–Crippen LogP) is 3.74. The van der Waals surface area contributed by atoms with Gasteiger partial charge in [-0.25, -0.2) is 0 Å². The van der Waals surface area contributed by atoms with Crippen molar-refractivity contribution in [3.8, 4) is 5.75 Å². The van der Waals surface area contributed by atoms with Crippen LogP contribution in [0.15, 0.2) is 42.5 Å². The summed E-state index contributed by atoms with van der Waals surface area (Å²) in [5.74, 6) is 0.816. The summed E-state index contributed by atoms with van der Waals surface area (Å²) in [5.41, 5.74) is 10.2. The quantitative estimate of drug-likeness (QED) is 0.847.